The van der Waals surface area contributed by atoms with Gasteiger partial charge in [0.15, 0.2) is 5.76 Å². The first-order chi connectivity index (χ1) is 11.8. The Labute approximate surface area is 141 Å². The van der Waals surface area contributed by atoms with Crippen molar-refractivity contribution in [3.63, 3.8) is 0 Å². The van der Waals surface area contributed by atoms with E-state index in [2.05, 4.69) is 24.0 Å². The molecule has 0 bridgehead atoms. The summed E-state index contributed by atoms with van der Waals surface area (Å²) in [5.41, 5.74) is 7.56. The van der Waals surface area contributed by atoms with E-state index in [4.69, 9.17) is 15.3 Å². The van der Waals surface area contributed by atoms with Crippen LogP contribution in [0.4, 0.5) is 0 Å². The minimum absolute atomic E-state index is 0.532. The molecule has 1 aromatic carbocycles. The van der Waals surface area contributed by atoms with Gasteiger partial charge in [-0.3, -0.25) is 5.01 Å². The van der Waals surface area contributed by atoms with Crippen LogP contribution in [0.3, 0.4) is 0 Å². The molecule has 2 N–H and O–H groups in total. The first-order valence-electron chi connectivity index (χ1n) is 8.46. The largest absolute Gasteiger partial charge is 0.454 e. The van der Waals surface area contributed by atoms with E-state index in [0.29, 0.717) is 12.6 Å². The number of rotatable bonds is 2. The van der Waals surface area contributed by atoms with E-state index in [1.807, 2.05) is 35.3 Å². The summed E-state index contributed by atoms with van der Waals surface area (Å²) in [6.45, 7) is 4.00. The highest BCUT2D eigenvalue weighted by atomic mass is 16.3. The Balaban J connectivity index is 1.65. The zero-order valence-corrected chi connectivity index (χ0v) is 13.9. The van der Waals surface area contributed by atoms with Gasteiger partial charge < -0.3 is 15.1 Å². The van der Waals surface area contributed by atoms with Crippen LogP contribution in [0, 0.1) is 0 Å². The third-order valence-electron chi connectivity index (χ3n) is 4.73. The quantitative estimate of drug-likeness (QED) is 0.921. The third-order valence-corrected chi connectivity index (χ3v) is 4.73. The van der Waals surface area contributed by atoms with Gasteiger partial charge in [-0.15, -0.1) is 0 Å². The average molecular weight is 322 g/mol. The fourth-order valence-electron chi connectivity index (χ4n) is 3.44. The molecule has 2 aliphatic heterocycles. The number of amidine groups is 1. The van der Waals surface area contributed by atoms with E-state index in [-0.39, 0.29) is 0 Å². The van der Waals surface area contributed by atoms with Crippen molar-refractivity contribution in [1.29, 1.82) is 0 Å². The van der Waals surface area contributed by atoms with E-state index < -0.39 is 0 Å². The van der Waals surface area contributed by atoms with Crippen LogP contribution < -0.4 is 5.73 Å². The lowest BCUT2D eigenvalue weighted by atomic mass is 10.2. The number of hydrogen-bond acceptors (Lipinski definition) is 5. The van der Waals surface area contributed by atoms with Crippen LogP contribution in [0.15, 0.2) is 58.2 Å². The highest BCUT2D eigenvalue weighted by Gasteiger charge is 2.25. The van der Waals surface area contributed by atoms with Gasteiger partial charge in [-0.25, -0.2) is 0 Å². The lowest BCUT2D eigenvalue weighted by molar-refractivity contribution is 0.381. The molecule has 124 valence electrons. The van der Waals surface area contributed by atoms with E-state index in [9.17, 15) is 0 Å². The summed E-state index contributed by atoms with van der Waals surface area (Å²) >= 11 is 0. The van der Waals surface area contributed by atoms with Crippen LogP contribution in [0.1, 0.15) is 25.5 Å². The Morgan fingerprint density at radius 3 is 3.00 bits per heavy atom. The lowest BCUT2D eigenvalue weighted by Gasteiger charge is -2.29. The highest BCUT2D eigenvalue weighted by Crippen LogP contribution is 2.28. The maximum absolute atomic E-state index is 5.96. The molecule has 24 heavy (non-hydrogen) atoms. The molecule has 1 aromatic heterocycles. The topological polar surface area (TPSA) is 58.0 Å². The van der Waals surface area contributed by atoms with Crippen molar-refractivity contribution in [2.24, 2.45) is 10.8 Å². The molecule has 5 heteroatoms. The summed E-state index contributed by atoms with van der Waals surface area (Å²) in [5, 5.41) is 7.79. The molecule has 2 aromatic rings. The van der Waals surface area contributed by atoms with E-state index in [1.54, 1.807) is 6.20 Å². The second-order valence-corrected chi connectivity index (χ2v) is 6.33. The van der Waals surface area contributed by atoms with Crippen molar-refractivity contribution >= 4 is 22.5 Å². The van der Waals surface area contributed by atoms with Crippen molar-refractivity contribution in [2.75, 3.05) is 13.1 Å². The Hall–Kier alpha value is -2.69. The minimum Gasteiger partial charge on any atom is -0.454 e. The molecule has 0 saturated carbocycles. The first kappa shape index (κ1) is 14.9. The molecule has 0 amide bonds. The van der Waals surface area contributed by atoms with Crippen molar-refractivity contribution in [3.05, 3.63) is 54.4 Å². The number of fused-ring (bicyclic) bond motifs is 1. The van der Waals surface area contributed by atoms with Crippen molar-refractivity contribution in [1.82, 2.24) is 9.91 Å². The number of nitrogens with zero attached hydrogens (tertiary/aromatic N) is 3. The molecule has 0 spiro atoms. The average Bonchev–Trinajstić information content (AvgIpc) is 3.21. The number of likely N-dealkylation sites (tertiary alicyclic amines) is 1. The van der Waals surface area contributed by atoms with Crippen molar-refractivity contribution in [2.45, 2.75) is 25.8 Å². The predicted octanol–water partition coefficient (Wildman–Crippen LogP) is 3.36. The van der Waals surface area contributed by atoms with Gasteiger partial charge in [0, 0.05) is 24.2 Å². The van der Waals surface area contributed by atoms with Crippen LogP contribution in [0.5, 0.6) is 0 Å². The summed E-state index contributed by atoms with van der Waals surface area (Å²) in [4.78, 5) is 2.36. The normalized spacial score (nSPS) is 21.6. The van der Waals surface area contributed by atoms with E-state index in [1.165, 1.54) is 12.8 Å². The monoisotopic (exact) mass is 322 g/mol. The summed E-state index contributed by atoms with van der Waals surface area (Å²) < 4.78 is 5.96. The first-order valence-corrected chi connectivity index (χ1v) is 8.46. The maximum atomic E-state index is 5.96. The fraction of sp³-hybridized carbons (Fsp3) is 0.316. The SMILES string of the molecule is C[C@H]1CCCN1C1=NN(/C(=C\N)c2cc3ccccc3o2)CC=C1. The molecule has 1 atom stereocenters. The number of para-hydroxylation sites is 1. The number of nitrogens with two attached hydrogens (primary N) is 1. The Kier molecular flexibility index (Phi) is 3.76. The molecule has 4 rings (SSSR count). The summed E-state index contributed by atoms with van der Waals surface area (Å²) in [7, 11) is 0. The molecule has 0 aliphatic carbocycles. The molecule has 5 nitrogen and oxygen atoms in total. The van der Waals surface area contributed by atoms with Crippen molar-refractivity contribution in [3.8, 4) is 0 Å². The summed E-state index contributed by atoms with van der Waals surface area (Å²) in [5.74, 6) is 1.74. The van der Waals surface area contributed by atoms with Gasteiger partial charge in [0.2, 0.25) is 0 Å². The lowest BCUT2D eigenvalue weighted by Crippen LogP contribution is -2.36. The second kappa shape index (κ2) is 6.07. The molecular weight excluding hydrogens is 300 g/mol. The highest BCUT2D eigenvalue weighted by molar-refractivity contribution is 5.94. The van der Waals surface area contributed by atoms with Crippen LogP contribution in [-0.4, -0.2) is 34.9 Å². The number of hydrogen-bond donors (Lipinski definition) is 1. The van der Waals surface area contributed by atoms with Gasteiger partial charge in [-0.2, -0.15) is 5.10 Å². The predicted molar refractivity (Wildman–Crippen MR) is 97.1 cm³/mol. The van der Waals surface area contributed by atoms with Gasteiger partial charge in [-0.1, -0.05) is 24.3 Å². The fourth-order valence-corrected chi connectivity index (χ4v) is 3.44. The molecule has 0 unspecified atom stereocenters. The Morgan fingerprint density at radius 2 is 2.25 bits per heavy atom. The van der Waals surface area contributed by atoms with Crippen LogP contribution in [0.2, 0.25) is 0 Å². The van der Waals surface area contributed by atoms with E-state index in [0.717, 1.165) is 34.8 Å². The smallest absolute Gasteiger partial charge is 0.154 e. The molecule has 3 heterocycles. The van der Waals surface area contributed by atoms with E-state index >= 15 is 0 Å². The van der Waals surface area contributed by atoms with Gasteiger partial charge in [0.25, 0.3) is 0 Å². The number of hydrazone groups is 1. The number of benzene rings is 1. The van der Waals surface area contributed by atoms with Gasteiger partial charge in [0.05, 0.1) is 6.54 Å². The van der Waals surface area contributed by atoms with Gasteiger partial charge >= 0.3 is 0 Å². The van der Waals surface area contributed by atoms with Gasteiger partial charge in [-0.05, 0) is 38.0 Å². The molecule has 2 aliphatic rings. The zero-order chi connectivity index (χ0) is 16.5. The maximum Gasteiger partial charge on any atom is 0.154 e. The van der Waals surface area contributed by atoms with Crippen LogP contribution in [-0.2, 0) is 0 Å². The van der Waals surface area contributed by atoms with Crippen molar-refractivity contribution < 1.29 is 4.42 Å². The second-order valence-electron chi connectivity index (χ2n) is 6.33. The zero-order valence-electron chi connectivity index (χ0n) is 13.9. The number of furan rings is 1. The Bertz CT molecular complexity index is 800. The molecular formula is C19H22N4O. The minimum atomic E-state index is 0.532. The van der Waals surface area contributed by atoms with Crippen LogP contribution >= 0.6 is 0 Å². The van der Waals surface area contributed by atoms with Gasteiger partial charge in [0.1, 0.15) is 17.1 Å². The molecule has 1 fully saturated rings. The van der Waals surface area contributed by atoms with Crippen LogP contribution in [0.25, 0.3) is 16.7 Å². The Morgan fingerprint density at radius 1 is 1.38 bits per heavy atom. The standard InChI is InChI=1S/C19H22N4O/c1-14-6-4-10-22(14)19-9-5-11-23(21-19)16(13-20)18-12-15-7-2-3-8-17(15)24-18/h2-3,5,7-9,12-14H,4,6,10-11,20H2,1H3/b16-13-/t14-/m0/s1. The third kappa shape index (κ3) is 2.56. The summed E-state index contributed by atoms with van der Waals surface area (Å²) in [6.07, 6.45) is 8.24. The summed E-state index contributed by atoms with van der Waals surface area (Å²) in [6, 6.07) is 10.5. The molecule has 1 saturated heterocycles. The molecule has 0 radical (unpaired) electrons.